The summed E-state index contributed by atoms with van der Waals surface area (Å²) in [7, 11) is 0. The van der Waals surface area contributed by atoms with Crippen LogP contribution in [-0.4, -0.2) is 30.2 Å². The first-order valence-corrected chi connectivity index (χ1v) is 7.45. The molecule has 0 bridgehead atoms. The van der Waals surface area contributed by atoms with Crippen LogP contribution < -0.4 is 5.32 Å². The lowest BCUT2D eigenvalue weighted by atomic mass is 10.1. The van der Waals surface area contributed by atoms with Gasteiger partial charge < -0.3 is 10.1 Å². The van der Waals surface area contributed by atoms with Gasteiger partial charge in [-0.05, 0) is 42.8 Å². The number of benzene rings is 1. The molecular formula is C15H14F3NO2S. The van der Waals surface area contributed by atoms with Crippen LogP contribution in [0.15, 0.2) is 29.2 Å². The molecule has 1 aromatic rings. The van der Waals surface area contributed by atoms with Crippen LogP contribution in [0.5, 0.6) is 0 Å². The standard InChI is InChI=1S/C15H14F3NO2S/c1-2-12(13-7-4-8-21-13)19-14(20)10-5-3-6-11(9-10)22-15(16,17)18/h1,3,5-6,9,12-13H,4,7-8H2,(H,19,20). The number of thioether (sulfide) groups is 1. The molecule has 22 heavy (non-hydrogen) atoms. The van der Waals surface area contributed by atoms with Crippen LogP contribution in [0.2, 0.25) is 0 Å². The second-order valence-corrected chi connectivity index (χ2v) is 5.88. The molecule has 1 aliphatic heterocycles. The summed E-state index contributed by atoms with van der Waals surface area (Å²) in [6.45, 7) is 0.594. The highest BCUT2D eigenvalue weighted by Crippen LogP contribution is 2.36. The number of halogens is 3. The van der Waals surface area contributed by atoms with Crippen molar-refractivity contribution in [2.45, 2.75) is 35.4 Å². The molecule has 1 saturated heterocycles. The minimum absolute atomic E-state index is 0.0467. The van der Waals surface area contributed by atoms with Gasteiger partial charge in [0.15, 0.2) is 0 Å². The van der Waals surface area contributed by atoms with Gasteiger partial charge in [-0.15, -0.1) is 6.42 Å². The topological polar surface area (TPSA) is 38.3 Å². The number of rotatable bonds is 4. The number of alkyl halides is 3. The Hall–Kier alpha value is -1.65. The van der Waals surface area contributed by atoms with Gasteiger partial charge in [0.1, 0.15) is 6.04 Å². The van der Waals surface area contributed by atoms with Crippen molar-refractivity contribution in [2.75, 3.05) is 6.61 Å². The second kappa shape index (κ2) is 7.07. The fourth-order valence-corrected chi connectivity index (χ4v) is 2.77. The Kier molecular flexibility index (Phi) is 5.37. The van der Waals surface area contributed by atoms with Crippen molar-refractivity contribution in [2.24, 2.45) is 0 Å². The van der Waals surface area contributed by atoms with Crippen LogP contribution in [0.3, 0.4) is 0 Å². The van der Waals surface area contributed by atoms with Crippen molar-refractivity contribution in [1.82, 2.24) is 5.32 Å². The van der Waals surface area contributed by atoms with Crippen molar-refractivity contribution in [1.29, 1.82) is 0 Å². The molecular weight excluding hydrogens is 315 g/mol. The third-order valence-electron chi connectivity index (χ3n) is 3.13. The van der Waals surface area contributed by atoms with E-state index in [4.69, 9.17) is 11.2 Å². The Morgan fingerprint density at radius 3 is 2.86 bits per heavy atom. The predicted molar refractivity (Wildman–Crippen MR) is 77.4 cm³/mol. The molecule has 1 fully saturated rings. The highest BCUT2D eigenvalue weighted by Gasteiger charge is 2.30. The van der Waals surface area contributed by atoms with E-state index in [-0.39, 0.29) is 28.3 Å². The van der Waals surface area contributed by atoms with E-state index in [0.29, 0.717) is 6.61 Å². The van der Waals surface area contributed by atoms with E-state index in [9.17, 15) is 18.0 Å². The van der Waals surface area contributed by atoms with E-state index >= 15 is 0 Å². The monoisotopic (exact) mass is 329 g/mol. The second-order valence-electron chi connectivity index (χ2n) is 4.74. The first-order valence-electron chi connectivity index (χ1n) is 6.63. The summed E-state index contributed by atoms with van der Waals surface area (Å²) in [6.07, 6.45) is 6.77. The average molecular weight is 329 g/mol. The molecule has 2 rings (SSSR count). The van der Waals surface area contributed by atoms with Gasteiger partial charge in [-0.25, -0.2) is 0 Å². The number of ether oxygens (including phenoxy) is 1. The van der Waals surface area contributed by atoms with Gasteiger partial charge in [-0.2, -0.15) is 13.2 Å². The number of carbonyl (C=O) groups excluding carboxylic acids is 1. The number of carbonyl (C=O) groups is 1. The van der Waals surface area contributed by atoms with Crippen LogP contribution in [-0.2, 0) is 4.74 Å². The van der Waals surface area contributed by atoms with Gasteiger partial charge in [0, 0.05) is 17.1 Å². The molecule has 1 aromatic carbocycles. The molecule has 7 heteroatoms. The maximum Gasteiger partial charge on any atom is 0.446 e. The summed E-state index contributed by atoms with van der Waals surface area (Å²) < 4.78 is 42.5. The average Bonchev–Trinajstić information content (AvgIpc) is 2.97. The number of hydrogen-bond donors (Lipinski definition) is 1. The van der Waals surface area contributed by atoms with Crippen LogP contribution in [0.1, 0.15) is 23.2 Å². The van der Waals surface area contributed by atoms with Crippen molar-refractivity contribution in [3.63, 3.8) is 0 Å². The van der Waals surface area contributed by atoms with Crippen LogP contribution >= 0.6 is 11.8 Å². The Morgan fingerprint density at radius 2 is 2.27 bits per heavy atom. The van der Waals surface area contributed by atoms with Gasteiger partial charge in [0.05, 0.1) is 6.10 Å². The number of amides is 1. The van der Waals surface area contributed by atoms with Crippen molar-refractivity contribution < 1.29 is 22.7 Å². The van der Waals surface area contributed by atoms with Crippen LogP contribution in [0.4, 0.5) is 13.2 Å². The molecule has 1 aliphatic rings. The van der Waals surface area contributed by atoms with E-state index < -0.39 is 17.5 Å². The van der Waals surface area contributed by atoms with Crippen molar-refractivity contribution >= 4 is 17.7 Å². The van der Waals surface area contributed by atoms with E-state index in [1.165, 1.54) is 24.3 Å². The van der Waals surface area contributed by atoms with Gasteiger partial charge >= 0.3 is 5.51 Å². The summed E-state index contributed by atoms with van der Waals surface area (Å²) in [5.74, 6) is 1.94. The maximum atomic E-state index is 12.4. The Balaban J connectivity index is 2.05. The predicted octanol–water partition coefficient (Wildman–Crippen LogP) is 3.21. The highest BCUT2D eigenvalue weighted by atomic mass is 32.2. The fourth-order valence-electron chi connectivity index (χ4n) is 2.17. The van der Waals surface area contributed by atoms with E-state index in [1.807, 2.05) is 0 Å². The van der Waals surface area contributed by atoms with E-state index in [1.54, 1.807) is 0 Å². The Bertz CT molecular complexity index is 577. The lowest BCUT2D eigenvalue weighted by Gasteiger charge is -2.19. The van der Waals surface area contributed by atoms with Gasteiger partial charge in [-0.3, -0.25) is 4.79 Å². The first-order chi connectivity index (χ1) is 10.4. The first kappa shape index (κ1) is 16.7. The van der Waals surface area contributed by atoms with Gasteiger partial charge in [0.25, 0.3) is 5.91 Å². The SMILES string of the molecule is C#CC(NC(=O)c1cccc(SC(F)(F)F)c1)C1CCCO1. The summed E-state index contributed by atoms with van der Waals surface area (Å²) in [5.41, 5.74) is -4.26. The molecule has 0 saturated carbocycles. The van der Waals surface area contributed by atoms with E-state index in [0.717, 1.165) is 12.8 Å². The minimum atomic E-state index is -4.39. The smallest absolute Gasteiger partial charge is 0.375 e. The Labute approximate surface area is 130 Å². The highest BCUT2D eigenvalue weighted by molar-refractivity contribution is 8.00. The van der Waals surface area contributed by atoms with E-state index in [2.05, 4.69) is 11.2 Å². The number of terminal acetylenes is 1. The molecule has 1 heterocycles. The summed E-state index contributed by atoms with van der Waals surface area (Å²) in [6, 6.07) is 4.75. The zero-order chi connectivity index (χ0) is 16.2. The third kappa shape index (κ3) is 4.68. The van der Waals surface area contributed by atoms with Crippen molar-refractivity contribution in [3.8, 4) is 12.3 Å². The molecule has 0 aromatic heterocycles. The molecule has 1 amide bonds. The maximum absolute atomic E-state index is 12.4. The fraction of sp³-hybridized carbons (Fsp3) is 0.400. The third-order valence-corrected chi connectivity index (χ3v) is 3.85. The van der Waals surface area contributed by atoms with Gasteiger partial charge in [0.2, 0.25) is 0 Å². The molecule has 2 unspecified atom stereocenters. The lowest BCUT2D eigenvalue weighted by molar-refractivity contribution is -0.0328. The summed E-state index contributed by atoms with van der Waals surface area (Å²) in [4.78, 5) is 12.1. The molecule has 0 aliphatic carbocycles. The normalized spacial score (nSPS) is 19.5. The largest absolute Gasteiger partial charge is 0.446 e. The number of nitrogens with one attached hydrogen (secondary N) is 1. The van der Waals surface area contributed by atoms with Gasteiger partial charge in [-0.1, -0.05) is 12.0 Å². The summed E-state index contributed by atoms with van der Waals surface area (Å²) in [5, 5.41) is 2.62. The zero-order valence-corrected chi connectivity index (χ0v) is 12.3. The van der Waals surface area contributed by atoms with Crippen LogP contribution in [0, 0.1) is 12.3 Å². The zero-order valence-electron chi connectivity index (χ0n) is 11.5. The number of hydrogen-bond acceptors (Lipinski definition) is 3. The summed E-state index contributed by atoms with van der Waals surface area (Å²) >= 11 is -0.263. The quantitative estimate of drug-likeness (QED) is 0.681. The minimum Gasteiger partial charge on any atom is -0.375 e. The van der Waals surface area contributed by atoms with Crippen LogP contribution in [0.25, 0.3) is 0 Å². The Morgan fingerprint density at radius 1 is 1.50 bits per heavy atom. The molecule has 0 radical (unpaired) electrons. The molecule has 1 N–H and O–H groups in total. The van der Waals surface area contributed by atoms with Crippen molar-refractivity contribution in [3.05, 3.63) is 29.8 Å². The molecule has 3 nitrogen and oxygen atoms in total. The lowest BCUT2D eigenvalue weighted by Crippen LogP contribution is -2.42. The molecule has 118 valence electrons. The molecule has 0 spiro atoms. The molecule has 2 atom stereocenters.